The molecule has 166 valence electrons. The molecule has 3 rings (SSSR count). The summed E-state index contributed by atoms with van der Waals surface area (Å²) in [5.41, 5.74) is 0.763. The van der Waals surface area contributed by atoms with E-state index in [1.54, 1.807) is 24.5 Å². The number of nitrogens with zero attached hydrogens (tertiary/aromatic N) is 4. The van der Waals surface area contributed by atoms with Crippen LogP contribution in [0.3, 0.4) is 0 Å². The van der Waals surface area contributed by atoms with E-state index < -0.39 is 20.9 Å². The molecule has 0 aliphatic heterocycles. The number of benzene rings is 2. The number of sulfonamides is 1. The molecule has 1 heterocycles. The molecule has 0 saturated heterocycles. The summed E-state index contributed by atoms with van der Waals surface area (Å²) in [6.07, 6.45) is 5.44. The molecule has 0 aliphatic rings. The van der Waals surface area contributed by atoms with E-state index in [4.69, 9.17) is 6.42 Å². The number of terminal acetylenes is 1. The van der Waals surface area contributed by atoms with Gasteiger partial charge in [-0.2, -0.15) is 9.30 Å². The van der Waals surface area contributed by atoms with Gasteiger partial charge in [0.05, 0.1) is 26.6 Å². The lowest BCUT2D eigenvalue weighted by molar-refractivity contribution is -0.384. The zero-order valence-corrected chi connectivity index (χ0v) is 19.0. The summed E-state index contributed by atoms with van der Waals surface area (Å²) in [6.45, 7) is 4.32. The molecule has 1 aromatic heterocycles. The van der Waals surface area contributed by atoms with E-state index in [2.05, 4.69) is 10.9 Å². The second kappa shape index (κ2) is 9.44. The van der Waals surface area contributed by atoms with Gasteiger partial charge in [-0.1, -0.05) is 31.1 Å². The molecule has 0 saturated carbocycles. The lowest BCUT2D eigenvalue weighted by Gasteiger charge is -2.18. The Morgan fingerprint density at radius 3 is 2.44 bits per heavy atom. The Hall–Kier alpha value is -3.33. The first-order chi connectivity index (χ1) is 15.2. The quantitative estimate of drug-likeness (QED) is 0.298. The van der Waals surface area contributed by atoms with Crippen LogP contribution in [0.1, 0.15) is 24.2 Å². The van der Waals surface area contributed by atoms with Crippen molar-refractivity contribution in [3.05, 3.63) is 62.9 Å². The molecule has 0 N–H and O–H groups in total. The third-order valence-electron chi connectivity index (χ3n) is 4.77. The number of carbonyl (C=O) groups excluding carboxylic acids is 1. The zero-order chi connectivity index (χ0) is 23.5. The topological polar surface area (TPSA) is 115 Å². The average Bonchev–Trinajstić information content (AvgIpc) is 3.11. The van der Waals surface area contributed by atoms with Crippen molar-refractivity contribution >= 4 is 43.2 Å². The Morgan fingerprint density at radius 2 is 1.88 bits per heavy atom. The van der Waals surface area contributed by atoms with Crippen LogP contribution in [0.15, 0.2) is 52.4 Å². The van der Waals surface area contributed by atoms with Gasteiger partial charge in [-0.3, -0.25) is 14.9 Å². The van der Waals surface area contributed by atoms with Gasteiger partial charge in [-0.25, -0.2) is 8.42 Å². The maximum Gasteiger partial charge on any atom is 0.279 e. The number of hydrogen-bond donors (Lipinski definition) is 0. The molecular weight excluding hydrogens is 452 g/mol. The minimum Gasteiger partial charge on any atom is -0.305 e. The van der Waals surface area contributed by atoms with Gasteiger partial charge < -0.3 is 4.57 Å². The van der Waals surface area contributed by atoms with Crippen molar-refractivity contribution < 1.29 is 18.1 Å². The second-order valence-corrected chi connectivity index (χ2v) is 9.56. The lowest BCUT2D eigenvalue weighted by Crippen LogP contribution is -2.30. The summed E-state index contributed by atoms with van der Waals surface area (Å²) in [5.74, 6) is 1.91. The molecule has 1 amide bonds. The van der Waals surface area contributed by atoms with Crippen LogP contribution in [0.25, 0.3) is 10.2 Å². The van der Waals surface area contributed by atoms with Crippen molar-refractivity contribution in [2.45, 2.75) is 25.3 Å². The summed E-state index contributed by atoms with van der Waals surface area (Å²) < 4.78 is 28.7. The predicted octanol–water partition coefficient (Wildman–Crippen LogP) is 3.02. The Bertz CT molecular complexity index is 1390. The summed E-state index contributed by atoms with van der Waals surface area (Å²) in [5, 5.41) is 11.1. The highest BCUT2D eigenvalue weighted by atomic mass is 32.2. The van der Waals surface area contributed by atoms with Crippen LogP contribution in [-0.4, -0.2) is 41.2 Å². The molecule has 11 heteroatoms. The smallest absolute Gasteiger partial charge is 0.279 e. The van der Waals surface area contributed by atoms with E-state index in [1.165, 1.54) is 40.7 Å². The van der Waals surface area contributed by atoms with Gasteiger partial charge in [0.15, 0.2) is 4.80 Å². The summed E-state index contributed by atoms with van der Waals surface area (Å²) in [6, 6.07) is 9.90. The molecule has 0 bridgehead atoms. The third-order valence-corrected chi connectivity index (χ3v) is 7.87. The maximum atomic E-state index is 12.7. The monoisotopic (exact) mass is 472 g/mol. The van der Waals surface area contributed by atoms with E-state index in [-0.39, 0.29) is 22.7 Å². The van der Waals surface area contributed by atoms with E-state index >= 15 is 0 Å². The van der Waals surface area contributed by atoms with Crippen LogP contribution < -0.4 is 4.80 Å². The fraction of sp³-hybridized carbons (Fsp3) is 0.238. The van der Waals surface area contributed by atoms with Crippen molar-refractivity contribution in [1.29, 1.82) is 0 Å². The van der Waals surface area contributed by atoms with Crippen molar-refractivity contribution in [1.82, 2.24) is 8.87 Å². The third kappa shape index (κ3) is 4.47. The highest BCUT2D eigenvalue weighted by Gasteiger charge is 2.21. The number of aromatic nitrogens is 1. The Balaban J connectivity index is 2.01. The Labute approximate surface area is 188 Å². The van der Waals surface area contributed by atoms with Crippen molar-refractivity contribution in [2.24, 2.45) is 4.99 Å². The van der Waals surface area contributed by atoms with Crippen LogP contribution in [-0.2, 0) is 16.6 Å². The fourth-order valence-electron chi connectivity index (χ4n) is 3.14. The molecular formula is C21H20N4O5S2. The highest BCUT2D eigenvalue weighted by molar-refractivity contribution is 7.89. The number of hydrogen-bond acceptors (Lipinski definition) is 6. The molecule has 2 aromatic carbocycles. The van der Waals surface area contributed by atoms with Gasteiger partial charge in [0.25, 0.3) is 11.6 Å². The normalized spacial score (nSPS) is 12.2. The van der Waals surface area contributed by atoms with Crippen LogP contribution >= 0.6 is 11.3 Å². The number of nitro groups is 1. The van der Waals surface area contributed by atoms with Gasteiger partial charge in [0.1, 0.15) is 0 Å². The summed E-state index contributed by atoms with van der Waals surface area (Å²) in [4.78, 5) is 27.8. The van der Waals surface area contributed by atoms with E-state index in [0.29, 0.717) is 28.1 Å². The van der Waals surface area contributed by atoms with Crippen molar-refractivity contribution in [3.63, 3.8) is 0 Å². The van der Waals surface area contributed by atoms with Gasteiger partial charge in [0, 0.05) is 30.8 Å². The molecule has 0 spiro atoms. The standard InChI is InChI=1S/C21H20N4O5S2/c1-4-13-24-18-12-9-16(25(27)28)14-19(18)31-21(24)22-20(26)15-7-10-17(11-8-15)32(29,30)23(5-2)6-3/h1,7-12,14H,5-6,13H2,2-3H3. The number of non-ortho nitro benzene ring substituents is 1. The first-order valence-corrected chi connectivity index (χ1v) is 11.9. The van der Waals surface area contributed by atoms with E-state index in [9.17, 15) is 23.3 Å². The molecule has 0 aliphatic carbocycles. The highest BCUT2D eigenvalue weighted by Crippen LogP contribution is 2.23. The van der Waals surface area contributed by atoms with Crippen LogP contribution in [0, 0.1) is 22.5 Å². The molecule has 0 unspecified atom stereocenters. The minimum atomic E-state index is -3.63. The average molecular weight is 473 g/mol. The number of carbonyl (C=O) groups is 1. The number of fused-ring (bicyclic) bond motifs is 1. The first-order valence-electron chi connectivity index (χ1n) is 9.63. The largest absolute Gasteiger partial charge is 0.305 e. The number of rotatable bonds is 7. The van der Waals surface area contributed by atoms with Gasteiger partial charge in [0.2, 0.25) is 10.0 Å². The van der Waals surface area contributed by atoms with Crippen molar-refractivity contribution in [3.8, 4) is 12.3 Å². The maximum absolute atomic E-state index is 12.7. The van der Waals surface area contributed by atoms with Gasteiger partial charge in [-0.15, -0.1) is 6.42 Å². The predicted molar refractivity (Wildman–Crippen MR) is 122 cm³/mol. The zero-order valence-electron chi connectivity index (χ0n) is 17.4. The molecule has 9 nitrogen and oxygen atoms in total. The minimum absolute atomic E-state index is 0.0746. The second-order valence-electron chi connectivity index (χ2n) is 6.61. The fourth-order valence-corrected chi connectivity index (χ4v) is 5.66. The molecule has 0 radical (unpaired) electrons. The SMILES string of the molecule is C#CCn1c(=NC(=O)c2ccc(S(=O)(=O)N(CC)CC)cc2)sc2cc([N+](=O)[O-])ccc21. The van der Waals surface area contributed by atoms with Crippen LogP contribution in [0.4, 0.5) is 5.69 Å². The van der Waals surface area contributed by atoms with E-state index in [1.807, 2.05) is 0 Å². The van der Waals surface area contributed by atoms with Crippen LogP contribution in [0.5, 0.6) is 0 Å². The van der Waals surface area contributed by atoms with Gasteiger partial charge >= 0.3 is 0 Å². The number of amides is 1. The first kappa shape index (κ1) is 23.3. The lowest BCUT2D eigenvalue weighted by atomic mass is 10.2. The molecule has 0 atom stereocenters. The Morgan fingerprint density at radius 1 is 1.22 bits per heavy atom. The summed E-state index contributed by atoms with van der Waals surface area (Å²) in [7, 11) is -3.63. The van der Waals surface area contributed by atoms with Crippen molar-refractivity contribution in [2.75, 3.05) is 13.1 Å². The Kier molecular flexibility index (Phi) is 6.88. The van der Waals surface area contributed by atoms with Crippen LogP contribution in [0.2, 0.25) is 0 Å². The van der Waals surface area contributed by atoms with E-state index in [0.717, 1.165) is 11.3 Å². The summed E-state index contributed by atoms with van der Waals surface area (Å²) >= 11 is 1.11. The number of thiazole rings is 1. The van der Waals surface area contributed by atoms with Gasteiger partial charge in [-0.05, 0) is 30.3 Å². The number of nitro benzene ring substituents is 1. The molecule has 3 aromatic rings. The molecule has 32 heavy (non-hydrogen) atoms. The molecule has 0 fully saturated rings.